The molecule has 0 spiro atoms. The average molecular weight is 635 g/mol. The summed E-state index contributed by atoms with van der Waals surface area (Å²) >= 11 is 0. The van der Waals surface area contributed by atoms with Crippen molar-refractivity contribution in [3.05, 3.63) is 83.9 Å². The first-order valence-corrected chi connectivity index (χ1v) is 16.1. The lowest BCUT2D eigenvalue weighted by Gasteiger charge is -2.10. The fourth-order valence-corrected chi connectivity index (χ4v) is 4.19. The van der Waals surface area contributed by atoms with Crippen LogP contribution in [0.1, 0.15) is 73.6 Å². The molecule has 0 aliphatic rings. The first-order chi connectivity index (χ1) is 22.4. The molecule has 1 atom stereocenters. The van der Waals surface area contributed by atoms with E-state index in [4.69, 9.17) is 28.4 Å². The van der Waals surface area contributed by atoms with Gasteiger partial charge in [-0.05, 0) is 72.5 Å². The molecule has 3 aromatic carbocycles. The molecule has 0 aliphatic heterocycles. The van der Waals surface area contributed by atoms with Crippen molar-refractivity contribution in [3.8, 4) is 22.6 Å². The highest BCUT2D eigenvalue weighted by Crippen LogP contribution is 2.24. The topological polar surface area (TPSA) is 107 Å². The van der Waals surface area contributed by atoms with Crippen molar-refractivity contribution in [1.82, 2.24) is 0 Å². The van der Waals surface area contributed by atoms with E-state index in [1.165, 1.54) is 0 Å². The van der Waals surface area contributed by atoms with Crippen LogP contribution in [0.25, 0.3) is 11.1 Å². The summed E-state index contributed by atoms with van der Waals surface area (Å²) < 4.78 is 32.6. The van der Waals surface area contributed by atoms with E-state index in [9.17, 15) is 14.4 Å². The molecule has 0 aromatic heterocycles. The molecule has 0 bridgehead atoms. The molecule has 248 valence electrons. The largest absolute Gasteiger partial charge is 0.491 e. The van der Waals surface area contributed by atoms with Crippen LogP contribution in [0.3, 0.4) is 0 Å². The number of rotatable bonds is 21. The van der Waals surface area contributed by atoms with Gasteiger partial charge in [-0.1, -0.05) is 64.3 Å². The van der Waals surface area contributed by atoms with Crippen LogP contribution < -0.4 is 9.47 Å². The normalized spacial score (nSPS) is 11.5. The molecule has 0 N–H and O–H groups in total. The van der Waals surface area contributed by atoms with Crippen LogP contribution in [0.2, 0.25) is 0 Å². The summed E-state index contributed by atoms with van der Waals surface area (Å²) in [6, 6.07) is 21.1. The molecule has 1 unspecified atom stereocenters. The van der Waals surface area contributed by atoms with Crippen LogP contribution in [0.4, 0.5) is 0 Å². The standard InChI is InChI=1S/C37H46O9/c1-4-6-7-8-21-44-36(39)31-11-9-29(10-12-31)30-13-19-34(20-14-30)46-37(40)32-15-17-33(18-16-32)43-26-24-41-22-23-42-25-27-45-35(38)28(3)5-2/h9-20,28H,4-8,21-27H2,1-3H3. The van der Waals surface area contributed by atoms with Gasteiger partial charge < -0.3 is 28.4 Å². The third-order valence-electron chi connectivity index (χ3n) is 7.20. The van der Waals surface area contributed by atoms with Crippen LogP contribution >= 0.6 is 0 Å². The van der Waals surface area contributed by atoms with Crippen molar-refractivity contribution in [2.24, 2.45) is 5.92 Å². The predicted molar refractivity (Wildman–Crippen MR) is 175 cm³/mol. The lowest BCUT2D eigenvalue weighted by molar-refractivity contribution is -0.149. The van der Waals surface area contributed by atoms with Gasteiger partial charge in [0.25, 0.3) is 0 Å². The third-order valence-corrected chi connectivity index (χ3v) is 7.20. The molecule has 0 saturated carbocycles. The number of carbonyl (C=O) groups is 3. The molecule has 3 rings (SSSR count). The van der Waals surface area contributed by atoms with Gasteiger partial charge in [0.2, 0.25) is 0 Å². The fourth-order valence-electron chi connectivity index (χ4n) is 4.19. The average Bonchev–Trinajstić information content (AvgIpc) is 3.09. The fraction of sp³-hybridized carbons (Fsp3) is 0.432. The second-order valence-electron chi connectivity index (χ2n) is 10.8. The predicted octanol–water partition coefficient (Wildman–Crippen LogP) is 7.31. The Balaban J connectivity index is 1.32. The van der Waals surface area contributed by atoms with E-state index >= 15 is 0 Å². The second-order valence-corrected chi connectivity index (χ2v) is 10.8. The van der Waals surface area contributed by atoms with E-state index in [-0.39, 0.29) is 24.5 Å². The van der Waals surface area contributed by atoms with Gasteiger partial charge in [-0.15, -0.1) is 0 Å². The van der Waals surface area contributed by atoms with Crippen LogP contribution in [-0.4, -0.2) is 64.2 Å². The van der Waals surface area contributed by atoms with Crippen LogP contribution in [-0.2, 0) is 23.7 Å². The Morgan fingerprint density at radius 1 is 0.565 bits per heavy atom. The smallest absolute Gasteiger partial charge is 0.343 e. The molecule has 0 aliphatic carbocycles. The number of hydrogen-bond acceptors (Lipinski definition) is 9. The van der Waals surface area contributed by atoms with E-state index in [0.29, 0.717) is 62.3 Å². The summed E-state index contributed by atoms with van der Waals surface area (Å²) in [5.74, 6) is -0.0640. The third kappa shape index (κ3) is 13.0. The van der Waals surface area contributed by atoms with Crippen molar-refractivity contribution < 1.29 is 42.8 Å². The lowest BCUT2D eigenvalue weighted by atomic mass is 10.0. The Labute approximate surface area is 272 Å². The molecular formula is C37H46O9. The maximum absolute atomic E-state index is 12.6. The SMILES string of the molecule is CCCCCCOC(=O)c1ccc(-c2ccc(OC(=O)c3ccc(OCCOCCOCCOC(=O)C(C)CC)cc3)cc2)cc1. The number of unbranched alkanes of at least 4 members (excludes halogenated alkanes) is 3. The van der Waals surface area contributed by atoms with Crippen molar-refractivity contribution in [2.45, 2.75) is 52.9 Å². The molecule has 0 fully saturated rings. The number of benzene rings is 3. The Hall–Kier alpha value is -4.21. The van der Waals surface area contributed by atoms with Gasteiger partial charge in [-0.2, -0.15) is 0 Å². The van der Waals surface area contributed by atoms with E-state index in [0.717, 1.165) is 43.2 Å². The summed E-state index contributed by atoms with van der Waals surface area (Å²) in [5, 5.41) is 0. The molecule has 0 amide bonds. The number of carbonyl (C=O) groups excluding carboxylic acids is 3. The summed E-state index contributed by atoms with van der Waals surface area (Å²) in [7, 11) is 0. The lowest BCUT2D eigenvalue weighted by Crippen LogP contribution is -2.18. The minimum atomic E-state index is -0.477. The molecule has 0 heterocycles. The van der Waals surface area contributed by atoms with Crippen molar-refractivity contribution >= 4 is 17.9 Å². The van der Waals surface area contributed by atoms with Crippen molar-refractivity contribution in [1.29, 1.82) is 0 Å². The Morgan fingerprint density at radius 2 is 1.11 bits per heavy atom. The zero-order chi connectivity index (χ0) is 33.0. The highest BCUT2D eigenvalue weighted by Gasteiger charge is 2.12. The Morgan fingerprint density at radius 3 is 1.74 bits per heavy atom. The summed E-state index contributed by atoms with van der Waals surface area (Å²) in [6.45, 7) is 8.44. The van der Waals surface area contributed by atoms with Crippen LogP contribution in [0.5, 0.6) is 11.5 Å². The van der Waals surface area contributed by atoms with E-state index in [2.05, 4.69) is 6.92 Å². The molecular weight excluding hydrogens is 588 g/mol. The zero-order valence-electron chi connectivity index (χ0n) is 27.2. The number of ether oxygens (including phenoxy) is 6. The first kappa shape index (κ1) is 36.3. The molecule has 9 heteroatoms. The summed E-state index contributed by atoms with van der Waals surface area (Å²) in [4.78, 5) is 36.5. The summed E-state index contributed by atoms with van der Waals surface area (Å²) in [6.07, 6.45) is 4.98. The highest BCUT2D eigenvalue weighted by atomic mass is 16.6. The maximum atomic E-state index is 12.6. The quantitative estimate of drug-likeness (QED) is 0.0677. The highest BCUT2D eigenvalue weighted by molar-refractivity contribution is 5.91. The van der Waals surface area contributed by atoms with Gasteiger partial charge in [0.05, 0.1) is 50.1 Å². The van der Waals surface area contributed by atoms with E-state index < -0.39 is 5.97 Å². The summed E-state index contributed by atoms with van der Waals surface area (Å²) in [5.41, 5.74) is 2.78. The van der Waals surface area contributed by atoms with E-state index in [1.807, 2.05) is 38.1 Å². The van der Waals surface area contributed by atoms with Gasteiger partial charge in [0.1, 0.15) is 24.7 Å². The zero-order valence-corrected chi connectivity index (χ0v) is 27.2. The monoisotopic (exact) mass is 634 g/mol. The second kappa shape index (κ2) is 20.7. The minimum Gasteiger partial charge on any atom is -0.491 e. The molecule has 0 saturated heterocycles. The maximum Gasteiger partial charge on any atom is 0.343 e. The minimum absolute atomic E-state index is 0.0977. The van der Waals surface area contributed by atoms with Gasteiger partial charge in [-0.25, -0.2) is 9.59 Å². The molecule has 3 aromatic rings. The Bertz CT molecular complexity index is 1320. The van der Waals surface area contributed by atoms with E-state index in [1.54, 1.807) is 48.5 Å². The van der Waals surface area contributed by atoms with Gasteiger partial charge in [0, 0.05) is 0 Å². The number of esters is 3. The van der Waals surface area contributed by atoms with Gasteiger partial charge in [0.15, 0.2) is 0 Å². The number of hydrogen-bond donors (Lipinski definition) is 0. The van der Waals surface area contributed by atoms with Gasteiger partial charge >= 0.3 is 17.9 Å². The van der Waals surface area contributed by atoms with Crippen molar-refractivity contribution in [3.63, 3.8) is 0 Å². The molecule has 46 heavy (non-hydrogen) atoms. The van der Waals surface area contributed by atoms with Gasteiger partial charge in [-0.3, -0.25) is 4.79 Å². The van der Waals surface area contributed by atoms with Crippen molar-refractivity contribution in [2.75, 3.05) is 46.2 Å². The molecule has 0 radical (unpaired) electrons. The Kier molecular flexibility index (Phi) is 16.4. The van der Waals surface area contributed by atoms with Crippen LogP contribution in [0.15, 0.2) is 72.8 Å². The van der Waals surface area contributed by atoms with Crippen LogP contribution in [0, 0.1) is 5.92 Å². The molecule has 9 nitrogen and oxygen atoms in total. The first-order valence-electron chi connectivity index (χ1n) is 16.1.